The first-order valence-corrected chi connectivity index (χ1v) is 10.2. The monoisotopic (exact) mass is 358 g/mol. The van der Waals surface area contributed by atoms with Gasteiger partial charge in [-0.1, -0.05) is 18.2 Å². The number of hydrogen-bond acceptors (Lipinski definition) is 3. The number of hydrogen-bond donors (Lipinski definition) is 2. The third-order valence-corrected chi connectivity index (χ3v) is 5.03. The highest BCUT2D eigenvalue weighted by molar-refractivity contribution is 7.92. The summed E-state index contributed by atoms with van der Waals surface area (Å²) in [7, 11) is -3.32. The molecule has 132 valence electrons. The molecule has 0 saturated carbocycles. The van der Waals surface area contributed by atoms with Crippen molar-refractivity contribution in [2.24, 2.45) is 0 Å². The Morgan fingerprint density at radius 3 is 2.40 bits per heavy atom. The van der Waals surface area contributed by atoms with Gasteiger partial charge in [-0.15, -0.1) is 0 Å². The molecule has 3 rings (SSSR count). The number of carbonyl (C=O) groups is 1. The Bertz CT molecular complexity index is 889. The first-order valence-electron chi connectivity index (χ1n) is 8.32. The first kappa shape index (κ1) is 17.5. The van der Waals surface area contributed by atoms with E-state index in [-0.39, 0.29) is 11.9 Å². The zero-order valence-electron chi connectivity index (χ0n) is 14.4. The standard InChI is InChI=1S/C19H22N2O3S/c1-13(16-7-6-14-4-3-5-17(14)12-16)20-19(22)15-8-10-18(11-9-15)21-25(2,23)24/h6-13,21H,3-5H2,1-2H3,(H,20,22)/t13-/m1/s1. The average molecular weight is 358 g/mol. The van der Waals surface area contributed by atoms with Crippen LogP contribution < -0.4 is 10.0 Å². The Balaban J connectivity index is 1.67. The Hall–Kier alpha value is -2.34. The van der Waals surface area contributed by atoms with Crippen molar-refractivity contribution in [3.8, 4) is 0 Å². The molecule has 1 aliphatic carbocycles. The number of benzene rings is 2. The second-order valence-electron chi connectivity index (χ2n) is 6.53. The minimum atomic E-state index is -3.32. The van der Waals surface area contributed by atoms with Crippen LogP contribution >= 0.6 is 0 Å². The van der Waals surface area contributed by atoms with Crippen molar-refractivity contribution >= 4 is 21.6 Å². The van der Waals surface area contributed by atoms with Gasteiger partial charge in [0.05, 0.1) is 12.3 Å². The zero-order valence-corrected chi connectivity index (χ0v) is 15.2. The van der Waals surface area contributed by atoms with Crippen molar-refractivity contribution < 1.29 is 13.2 Å². The van der Waals surface area contributed by atoms with Crippen molar-refractivity contribution in [3.63, 3.8) is 0 Å². The summed E-state index contributed by atoms with van der Waals surface area (Å²) in [4.78, 5) is 12.4. The summed E-state index contributed by atoms with van der Waals surface area (Å²) in [5.41, 5.74) is 4.83. The lowest BCUT2D eigenvalue weighted by atomic mass is 10.0. The van der Waals surface area contributed by atoms with Crippen LogP contribution in [-0.4, -0.2) is 20.6 Å². The third kappa shape index (κ3) is 4.39. The fraction of sp³-hybridized carbons (Fsp3) is 0.316. The number of amides is 1. The van der Waals surface area contributed by atoms with E-state index in [1.165, 1.54) is 17.5 Å². The minimum absolute atomic E-state index is 0.0905. The molecular weight excluding hydrogens is 336 g/mol. The smallest absolute Gasteiger partial charge is 0.251 e. The molecule has 2 N–H and O–H groups in total. The van der Waals surface area contributed by atoms with Crippen LogP contribution in [0.3, 0.4) is 0 Å². The van der Waals surface area contributed by atoms with Crippen molar-refractivity contribution in [2.75, 3.05) is 11.0 Å². The fourth-order valence-electron chi connectivity index (χ4n) is 3.13. The van der Waals surface area contributed by atoms with Crippen LogP contribution in [0.2, 0.25) is 0 Å². The summed E-state index contributed by atoms with van der Waals surface area (Å²) < 4.78 is 24.8. The number of anilines is 1. The molecule has 0 aliphatic heterocycles. The summed E-state index contributed by atoms with van der Waals surface area (Å²) in [5, 5.41) is 2.99. The Kier molecular flexibility index (Phi) is 4.81. The van der Waals surface area contributed by atoms with Crippen molar-refractivity contribution in [1.82, 2.24) is 5.32 Å². The number of nitrogens with one attached hydrogen (secondary N) is 2. The van der Waals surface area contributed by atoms with E-state index < -0.39 is 10.0 Å². The highest BCUT2D eigenvalue weighted by Crippen LogP contribution is 2.25. The third-order valence-electron chi connectivity index (χ3n) is 4.42. The predicted octanol–water partition coefficient (Wildman–Crippen LogP) is 3.04. The highest BCUT2D eigenvalue weighted by atomic mass is 32.2. The molecule has 6 heteroatoms. The van der Waals surface area contributed by atoms with Crippen LogP contribution in [-0.2, 0) is 22.9 Å². The summed E-state index contributed by atoms with van der Waals surface area (Å²) in [5.74, 6) is -0.182. The zero-order chi connectivity index (χ0) is 18.0. The maximum absolute atomic E-state index is 12.4. The molecule has 0 radical (unpaired) electrons. The number of sulfonamides is 1. The van der Waals surface area contributed by atoms with Gasteiger partial charge in [-0.2, -0.15) is 0 Å². The van der Waals surface area contributed by atoms with Gasteiger partial charge in [-0.25, -0.2) is 8.42 Å². The molecule has 25 heavy (non-hydrogen) atoms. The average Bonchev–Trinajstić information content (AvgIpc) is 3.01. The van der Waals surface area contributed by atoms with E-state index in [0.717, 1.165) is 24.7 Å². The van der Waals surface area contributed by atoms with Gasteiger partial charge in [0.25, 0.3) is 5.91 Å². The maximum Gasteiger partial charge on any atom is 0.251 e. The van der Waals surface area contributed by atoms with Gasteiger partial charge >= 0.3 is 0 Å². The molecule has 1 aliphatic rings. The van der Waals surface area contributed by atoms with Crippen LogP contribution in [0.1, 0.15) is 46.4 Å². The van der Waals surface area contributed by atoms with Gasteiger partial charge < -0.3 is 5.32 Å². The van der Waals surface area contributed by atoms with Gasteiger partial charge in [0, 0.05) is 11.3 Å². The van der Waals surface area contributed by atoms with E-state index in [1.54, 1.807) is 24.3 Å². The molecule has 0 aromatic heterocycles. The molecular formula is C19H22N2O3S. The second kappa shape index (κ2) is 6.88. The number of aryl methyl sites for hydroxylation is 2. The second-order valence-corrected chi connectivity index (χ2v) is 8.28. The number of fused-ring (bicyclic) bond motifs is 1. The fourth-order valence-corrected chi connectivity index (χ4v) is 3.69. The van der Waals surface area contributed by atoms with Crippen molar-refractivity contribution in [1.29, 1.82) is 0 Å². The summed E-state index contributed by atoms with van der Waals surface area (Å²) in [6.07, 6.45) is 4.54. The van der Waals surface area contributed by atoms with E-state index in [2.05, 4.69) is 28.2 Å². The first-order chi connectivity index (χ1) is 11.8. The molecule has 2 aromatic rings. The molecule has 0 fully saturated rings. The van der Waals surface area contributed by atoms with Gasteiger partial charge in [0.15, 0.2) is 0 Å². The largest absolute Gasteiger partial charge is 0.346 e. The van der Waals surface area contributed by atoms with E-state index in [1.807, 2.05) is 6.92 Å². The van der Waals surface area contributed by atoms with Gasteiger partial charge in [-0.05, 0) is 67.1 Å². The Morgan fingerprint density at radius 2 is 1.72 bits per heavy atom. The molecule has 0 unspecified atom stereocenters. The van der Waals surface area contributed by atoms with Gasteiger partial charge in [0.1, 0.15) is 0 Å². The van der Waals surface area contributed by atoms with Crippen LogP contribution in [0.5, 0.6) is 0 Å². The van der Waals surface area contributed by atoms with Gasteiger partial charge in [-0.3, -0.25) is 9.52 Å². The topological polar surface area (TPSA) is 75.3 Å². The van der Waals surface area contributed by atoms with E-state index >= 15 is 0 Å². The molecule has 5 nitrogen and oxygen atoms in total. The van der Waals surface area contributed by atoms with E-state index in [4.69, 9.17) is 0 Å². The lowest BCUT2D eigenvalue weighted by Crippen LogP contribution is -2.26. The molecule has 1 amide bonds. The summed E-state index contributed by atoms with van der Waals surface area (Å²) in [6, 6.07) is 12.7. The van der Waals surface area contributed by atoms with Crippen molar-refractivity contribution in [2.45, 2.75) is 32.2 Å². The Labute approximate surface area is 148 Å². The number of carbonyl (C=O) groups excluding carboxylic acids is 1. The lowest BCUT2D eigenvalue weighted by Gasteiger charge is -2.16. The minimum Gasteiger partial charge on any atom is -0.346 e. The quantitative estimate of drug-likeness (QED) is 0.863. The normalized spacial score (nSPS) is 14.6. The molecule has 0 heterocycles. The highest BCUT2D eigenvalue weighted by Gasteiger charge is 2.15. The molecule has 0 spiro atoms. The van der Waals surface area contributed by atoms with Crippen LogP contribution in [0.4, 0.5) is 5.69 Å². The summed E-state index contributed by atoms with van der Waals surface area (Å²) in [6.45, 7) is 1.97. The molecule has 0 saturated heterocycles. The van der Waals surface area contributed by atoms with Crippen LogP contribution in [0.15, 0.2) is 42.5 Å². The SMILES string of the molecule is C[C@@H](NC(=O)c1ccc(NS(C)(=O)=O)cc1)c1ccc2c(c1)CCC2. The van der Waals surface area contributed by atoms with Crippen LogP contribution in [0, 0.1) is 0 Å². The van der Waals surface area contributed by atoms with Crippen LogP contribution in [0.25, 0.3) is 0 Å². The van der Waals surface area contributed by atoms with E-state index in [0.29, 0.717) is 11.3 Å². The Morgan fingerprint density at radius 1 is 1.04 bits per heavy atom. The molecule has 0 bridgehead atoms. The van der Waals surface area contributed by atoms with E-state index in [9.17, 15) is 13.2 Å². The maximum atomic E-state index is 12.4. The number of rotatable bonds is 5. The van der Waals surface area contributed by atoms with Gasteiger partial charge in [0.2, 0.25) is 10.0 Å². The lowest BCUT2D eigenvalue weighted by molar-refractivity contribution is 0.0940. The van der Waals surface area contributed by atoms with Crippen molar-refractivity contribution in [3.05, 3.63) is 64.7 Å². The summed E-state index contributed by atoms with van der Waals surface area (Å²) >= 11 is 0. The molecule has 1 atom stereocenters. The molecule has 2 aromatic carbocycles. The predicted molar refractivity (Wildman–Crippen MR) is 99.3 cm³/mol.